The smallest absolute Gasteiger partial charge is 0.328 e. The first-order valence-corrected chi connectivity index (χ1v) is 5.88. The largest absolute Gasteiger partial charge is 0.494 e. The van der Waals surface area contributed by atoms with Crippen molar-refractivity contribution in [1.82, 2.24) is 5.32 Å². The van der Waals surface area contributed by atoms with Gasteiger partial charge in [0.2, 0.25) is 5.91 Å². The molecule has 110 valence electrons. The van der Waals surface area contributed by atoms with Crippen LogP contribution in [-0.4, -0.2) is 36.8 Å². The monoisotopic (exact) mass is 287 g/mol. The van der Waals surface area contributed by atoms with Gasteiger partial charge < -0.3 is 15.2 Å². The van der Waals surface area contributed by atoms with E-state index in [0.29, 0.717) is 5.56 Å². The standard InChI is InChI=1S/C13H15F2NO4/c1-20-11-4-2-8(6-9(11)15)3-5-12(17)16-10(7-14)13(18)19/h2,4,6,10H,3,5,7H2,1H3,(H,16,17)(H,18,19). The highest BCUT2D eigenvalue weighted by molar-refractivity contribution is 5.83. The van der Waals surface area contributed by atoms with E-state index in [1.54, 1.807) is 6.07 Å². The molecule has 2 N–H and O–H groups in total. The summed E-state index contributed by atoms with van der Waals surface area (Å²) in [6, 6.07) is 2.72. The predicted molar refractivity (Wildman–Crippen MR) is 66.8 cm³/mol. The Labute approximate surface area is 114 Å². The average Bonchev–Trinajstić information content (AvgIpc) is 2.42. The van der Waals surface area contributed by atoms with Crippen molar-refractivity contribution in [2.75, 3.05) is 13.8 Å². The van der Waals surface area contributed by atoms with Gasteiger partial charge in [-0.1, -0.05) is 6.07 Å². The van der Waals surface area contributed by atoms with Crippen LogP contribution in [-0.2, 0) is 16.0 Å². The van der Waals surface area contributed by atoms with Crippen molar-refractivity contribution >= 4 is 11.9 Å². The number of hydrogen-bond donors (Lipinski definition) is 2. The first kappa shape index (κ1) is 15.9. The SMILES string of the molecule is COc1ccc(CCC(=O)NC(CF)C(=O)O)cc1F. The van der Waals surface area contributed by atoms with Crippen molar-refractivity contribution in [3.05, 3.63) is 29.6 Å². The molecule has 1 aromatic rings. The molecule has 7 heteroatoms. The van der Waals surface area contributed by atoms with Crippen LogP contribution in [0.3, 0.4) is 0 Å². The lowest BCUT2D eigenvalue weighted by atomic mass is 10.1. The number of alkyl halides is 1. The quantitative estimate of drug-likeness (QED) is 0.792. The van der Waals surface area contributed by atoms with Gasteiger partial charge in [0.05, 0.1) is 7.11 Å². The van der Waals surface area contributed by atoms with Crippen LogP contribution in [0.4, 0.5) is 8.78 Å². The van der Waals surface area contributed by atoms with Crippen molar-refractivity contribution in [2.45, 2.75) is 18.9 Å². The van der Waals surface area contributed by atoms with Crippen molar-refractivity contribution in [2.24, 2.45) is 0 Å². The molecular weight excluding hydrogens is 272 g/mol. The molecule has 1 rings (SSSR count). The number of aryl methyl sites for hydroxylation is 1. The summed E-state index contributed by atoms with van der Waals surface area (Å²) in [6.07, 6.45) is 0.154. The molecule has 0 saturated carbocycles. The second-order valence-electron chi connectivity index (χ2n) is 4.08. The molecule has 1 aromatic carbocycles. The Hall–Kier alpha value is -2.18. The number of nitrogens with one attached hydrogen (secondary N) is 1. The van der Waals surface area contributed by atoms with Crippen LogP contribution in [0.5, 0.6) is 5.75 Å². The minimum absolute atomic E-state index is 0.0600. The Kier molecular flexibility index (Phi) is 5.89. The average molecular weight is 287 g/mol. The van der Waals surface area contributed by atoms with Crippen molar-refractivity contribution in [1.29, 1.82) is 0 Å². The van der Waals surface area contributed by atoms with E-state index in [4.69, 9.17) is 9.84 Å². The maximum atomic E-state index is 13.4. The summed E-state index contributed by atoms with van der Waals surface area (Å²) in [7, 11) is 1.34. The summed E-state index contributed by atoms with van der Waals surface area (Å²) in [4.78, 5) is 22.0. The molecule has 0 bridgehead atoms. The number of rotatable bonds is 7. The third-order valence-electron chi connectivity index (χ3n) is 2.64. The van der Waals surface area contributed by atoms with Gasteiger partial charge in [-0.15, -0.1) is 0 Å². The van der Waals surface area contributed by atoms with Gasteiger partial charge in [0.1, 0.15) is 6.67 Å². The number of carbonyl (C=O) groups is 2. The van der Waals surface area contributed by atoms with Gasteiger partial charge in [-0.3, -0.25) is 4.79 Å². The van der Waals surface area contributed by atoms with Crippen molar-refractivity contribution in [3.63, 3.8) is 0 Å². The van der Waals surface area contributed by atoms with Crippen LogP contribution in [0.1, 0.15) is 12.0 Å². The molecule has 0 fully saturated rings. The highest BCUT2D eigenvalue weighted by atomic mass is 19.1. The van der Waals surface area contributed by atoms with Gasteiger partial charge in [-0.2, -0.15) is 0 Å². The van der Waals surface area contributed by atoms with Crippen LogP contribution in [0.25, 0.3) is 0 Å². The van der Waals surface area contributed by atoms with Gasteiger partial charge in [-0.25, -0.2) is 13.6 Å². The van der Waals surface area contributed by atoms with E-state index in [1.165, 1.54) is 19.2 Å². The zero-order valence-electron chi connectivity index (χ0n) is 10.9. The third-order valence-corrected chi connectivity index (χ3v) is 2.64. The Morgan fingerprint density at radius 2 is 2.15 bits per heavy atom. The van der Waals surface area contributed by atoms with E-state index < -0.39 is 30.4 Å². The Morgan fingerprint density at radius 3 is 2.65 bits per heavy atom. The summed E-state index contributed by atoms with van der Waals surface area (Å²) in [5.74, 6) is -2.48. The Balaban J connectivity index is 2.52. The molecule has 5 nitrogen and oxygen atoms in total. The summed E-state index contributed by atoms with van der Waals surface area (Å²) < 4.78 is 30.5. The normalized spacial score (nSPS) is 11.8. The number of benzene rings is 1. The Bertz CT molecular complexity index is 493. The van der Waals surface area contributed by atoms with Gasteiger partial charge in [0.25, 0.3) is 0 Å². The number of halogens is 2. The number of methoxy groups -OCH3 is 1. The van der Waals surface area contributed by atoms with Crippen LogP contribution in [0.15, 0.2) is 18.2 Å². The van der Waals surface area contributed by atoms with E-state index in [1.807, 2.05) is 5.32 Å². The molecule has 0 aliphatic rings. The van der Waals surface area contributed by atoms with Gasteiger partial charge in [-0.05, 0) is 24.1 Å². The fraction of sp³-hybridized carbons (Fsp3) is 0.385. The molecule has 0 radical (unpaired) electrons. The van der Waals surface area contributed by atoms with E-state index in [9.17, 15) is 18.4 Å². The molecule has 1 amide bonds. The fourth-order valence-corrected chi connectivity index (χ4v) is 1.56. The first-order valence-electron chi connectivity index (χ1n) is 5.88. The topological polar surface area (TPSA) is 75.6 Å². The van der Waals surface area contributed by atoms with E-state index >= 15 is 0 Å². The molecule has 0 saturated heterocycles. The van der Waals surface area contributed by atoms with E-state index in [2.05, 4.69) is 0 Å². The Morgan fingerprint density at radius 1 is 1.45 bits per heavy atom. The predicted octanol–water partition coefficient (Wildman–Crippen LogP) is 1.31. The number of hydrogen-bond acceptors (Lipinski definition) is 3. The third kappa shape index (κ3) is 4.49. The molecule has 0 aliphatic carbocycles. The minimum atomic E-state index is -1.55. The molecule has 0 heterocycles. The summed E-state index contributed by atoms with van der Waals surface area (Å²) in [5, 5.41) is 10.6. The number of carboxylic acid groups (broad SMARTS) is 1. The van der Waals surface area contributed by atoms with Gasteiger partial charge in [0, 0.05) is 6.42 Å². The maximum absolute atomic E-state index is 13.4. The number of carbonyl (C=O) groups excluding carboxylic acids is 1. The number of aliphatic carboxylic acids is 1. The van der Waals surface area contributed by atoms with Crippen molar-refractivity contribution in [3.8, 4) is 5.75 Å². The van der Waals surface area contributed by atoms with Gasteiger partial charge in [0.15, 0.2) is 17.6 Å². The lowest BCUT2D eigenvalue weighted by molar-refractivity contribution is -0.142. The minimum Gasteiger partial charge on any atom is -0.494 e. The molecule has 0 aliphatic heterocycles. The zero-order chi connectivity index (χ0) is 15.1. The van der Waals surface area contributed by atoms with Gasteiger partial charge >= 0.3 is 5.97 Å². The lowest BCUT2D eigenvalue weighted by Gasteiger charge is -2.10. The highest BCUT2D eigenvalue weighted by Crippen LogP contribution is 2.18. The summed E-state index contributed by atoms with van der Waals surface area (Å²) in [6.45, 7) is -1.18. The number of carboxylic acids is 1. The van der Waals surface area contributed by atoms with Crippen LogP contribution in [0, 0.1) is 5.82 Å². The lowest BCUT2D eigenvalue weighted by Crippen LogP contribution is -2.42. The fourth-order valence-electron chi connectivity index (χ4n) is 1.56. The molecule has 1 unspecified atom stereocenters. The number of ether oxygens (including phenoxy) is 1. The molecule has 20 heavy (non-hydrogen) atoms. The second kappa shape index (κ2) is 7.42. The molecule has 0 aromatic heterocycles. The summed E-state index contributed by atoms with van der Waals surface area (Å²) >= 11 is 0. The molecule has 1 atom stereocenters. The second-order valence-corrected chi connectivity index (χ2v) is 4.08. The highest BCUT2D eigenvalue weighted by Gasteiger charge is 2.19. The molecule has 0 spiro atoms. The van der Waals surface area contributed by atoms with Crippen LogP contribution in [0.2, 0.25) is 0 Å². The van der Waals surface area contributed by atoms with E-state index in [0.717, 1.165) is 0 Å². The zero-order valence-corrected chi connectivity index (χ0v) is 10.9. The van der Waals surface area contributed by atoms with Crippen LogP contribution < -0.4 is 10.1 Å². The summed E-state index contributed by atoms with van der Waals surface area (Å²) in [5.41, 5.74) is 0.561. The van der Waals surface area contributed by atoms with Crippen LogP contribution >= 0.6 is 0 Å². The van der Waals surface area contributed by atoms with Crippen molar-refractivity contribution < 1.29 is 28.2 Å². The van der Waals surface area contributed by atoms with E-state index in [-0.39, 0.29) is 18.6 Å². The molecular formula is C13H15F2NO4. The first-order chi connectivity index (χ1) is 9.47. The number of amides is 1. The maximum Gasteiger partial charge on any atom is 0.328 e.